The lowest BCUT2D eigenvalue weighted by Gasteiger charge is -2.20. The molecule has 2 heterocycles. The van der Waals surface area contributed by atoms with E-state index in [1.165, 1.54) is 36.4 Å². The predicted octanol–water partition coefficient (Wildman–Crippen LogP) is 3.60. The van der Waals surface area contributed by atoms with Gasteiger partial charge in [0, 0.05) is 41.9 Å². The quantitative estimate of drug-likeness (QED) is 0.765. The monoisotopic (exact) mass is 353 g/mol. The number of hydrogen-bond acceptors (Lipinski definition) is 2. The summed E-state index contributed by atoms with van der Waals surface area (Å²) < 4.78 is 26.6. The Morgan fingerprint density at radius 1 is 1.00 bits per heavy atom. The van der Waals surface area contributed by atoms with Gasteiger partial charge in [-0.05, 0) is 42.8 Å². The van der Waals surface area contributed by atoms with Crippen LogP contribution in [0.4, 0.5) is 8.78 Å². The number of H-pyrrole nitrogens is 1. The molecular formula is C20H17F2N3O. The van der Waals surface area contributed by atoms with Crippen molar-refractivity contribution < 1.29 is 13.6 Å². The van der Waals surface area contributed by atoms with E-state index in [9.17, 15) is 13.6 Å². The largest absolute Gasteiger partial charge is 0.338 e. The average Bonchev–Trinajstić information content (AvgIpc) is 2.93. The first-order valence-electron chi connectivity index (χ1n) is 8.49. The molecule has 0 aliphatic carbocycles. The van der Waals surface area contributed by atoms with E-state index in [4.69, 9.17) is 0 Å². The highest BCUT2D eigenvalue weighted by molar-refractivity contribution is 5.94. The Hall–Kier alpha value is -3.02. The van der Waals surface area contributed by atoms with Crippen LogP contribution in [-0.2, 0) is 12.8 Å². The van der Waals surface area contributed by atoms with Gasteiger partial charge in [-0.15, -0.1) is 0 Å². The lowest BCUT2D eigenvalue weighted by atomic mass is 10.0. The van der Waals surface area contributed by atoms with Crippen LogP contribution in [0.15, 0.2) is 48.5 Å². The standard InChI is InChI=1S/C20H17F2N3O/c21-15-6-4-13(5-7-15)20(26)25-10-8-17-18(9-11-25)23-24-19(17)14-2-1-3-16(22)12-14/h1-7,12H,8-11H2,(H,23,24). The maximum Gasteiger partial charge on any atom is 0.253 e. The van der Waals surface area contributed by atoms with Crippen LogP contribution in [-0.4, -0.2) is 34.1 Å². The van der Waals surface area contributed by atoms with Gasteiger partial charge >= 0.3 is 0 Å². The summed E-state index contributed by atoms with van der Waals surface area (Å²) in [4.78, 5) is 14.4. The Morgan fingerprint density at radius 2 is 1.77 bits per heavy atom. The van der Waals surface area contributed by atoms with Crippen LogP contribution in [0.2, 0.25) is 0 Å². The van der Waals surface area contributed by atoms with Crippen molar-refractivity contribution in [2.45, 2.75) is 12.8 Å². The van der Waals surface area contributed by atoms with Gasteiger partial charge in [0.1, 0.15) is 11.6 Å². The van der Waals surface area contributed by atoms with E-state index >= 15 is 0 Å². The third kappa shape index (κ3) is 3.10. The van der Waals surface area contributed by atoms with Crippen molar-refractivity contribution in [1.82, 2.24) is 15.1 Å². The first-order chi connectivity index (χ1) is 12.6. The second kappa shape index (κ2) is 6.71. The summed E-state index contributed by atoms with van der Waals surface area (Å²) in [6.45, 7) is 1.08. The van der Waals surface area contributed by atoms with Crippen molar-refractivity contribution in [2.24, 2.45) is 0 Å². The number of hydrogen-bond donors (Lipinski definition) is 1. The van der Waals surface area contributed by atoms with Crippen LogP contribution in [0, 0.1) is 11.6 Å². The minimum atomic E-state index is -0.363. The molecule has 4 rings (SSSR count). The number of fused-ring (bicyclic) bond motifs is 1. The summed E-state index contributed by atoms with van der Waals surface area (Å²) in [6.07, 6.45) is 1.27. The molecule has 132 valence electrons. The number of halogens is 2. The predicted molar refractivity (Wildman–Crippen MR) is 93.7 cm³/mol. The molecule has 0 fully saturated rings. The molecule has 1 aliphatic heterocycles. The highest BCUT2D eigenvalue weighted by Gasteiger charge is 2.23. The van der Waals surface area contributed by atoms with Gasteiger partial charge in [-0.3, -0.25) is 9.89 Å². The molecule has 0 bridgehead atoms. The van der Waals surface area contributed by atoms with Crippen LogP contribution in [0.5, 0.6) is 0 Å². The average molecular weight is 353 g/mol. The van der Waals surface area contributed by atoms with Crippen molar-refractivity contribution in [3.63, 3.8) is 0 Å². The number of amides is 1. The number of nitrogens with one attached hydrogen (secondary N) is 1. The van der Waals surface area contributed by atoms with Crippen molar-refractivity contribution in [3.05, 3.63) is 77.0 Å². The van der Waals surface area contributed by atoms with E-state index in [1.54, 1.807) is 11.0 Å². The fourth-order valence-corrected chi connectivity index (χ4v) is 3.34. The van der Waals surface area contributed by atoms with Crippen molar-refractivity contribution in [3.8, 4) is 11.3 Å². The van der Waals surface area contributed by atoms with Crippen LogP contribution in [0.25, 0.3) is 11.3 Å². The van der Waals surface area contributed by atoms with Crippen LogP contribution < -0.4 is 0 Å². The Balaban J connectivity index is 1.56. The number of carbonyl (C=O) groups excluding carboxylic acids is 1. The molecule has 0 saturated carbocycles. The van der Waals surface area contributed by atoms with E-state index in [1.807, 2.05) is 6.07 Å². The van der Waals surface area contributed by atoms with E-state index < -0.39 is 0 Å². The highest BCUT2D eigenvalue weighted by Crippen LogP contribution is 2.27. The third-order valence-corrected chi connectivity index (χ3v) is 4.69. The molecule has 0 radical (unpaired) electrons. The van der Waals surface area contributed by atoms with E-state index in [-0.39, 0.29) is 17.5 Å². The zero-order valence-electron chi connectivity index (χ0n) is 14.0. The molecule has 26 heavy (non-hydrogen) atoms. The molecule has 3 aromatic rings. The molecule has 1 N–H and O–H groups in total. The lowest BCUT2D eigenvalue weighted by Crippen LogP contribution is -2.33. The first-order valence-corrected chi connectivity index (χ1v) is 8.49. The SMILES string of the molecule is O=C(c1ccc(F)cc1)N1CCc2[nH]nc(-c3cccc(F)c3)c2CC1. The summed E-state index contributed by atoms with van der Waals surface area (Å²) in [7, 11) is 0. The van der Waals surface area contributed by atoms with Crippen LogP contribution in [0.1, 0.15) is 21.6 Å². The number of aromatic nitrogens is 2. The van der Waals surface area contributed by atoms with Gasteiger partial charge in [0.15, 0.2) is 0 Å². The minimum Gasteiger partial charge on any atom is -0.338 e. The molecular weight excluding hydrogens is 336 g/mol. The first kappa shape index (κ1) is 16.4. The molecule has 1 amide bonds. The fourth-order valence-electron chi connectivity index (χ4n) is 3.34. The number of nitrogens with zero attached hydrogens (tertiary/aromatic N) is 2. The molecule has 0 spiro atoms. The molecule has 1 aliphatic rings. The van der Waals surface area contributed by atoms with E-state index in [0.29, 0.717) is 31.5 Å². The van der Waals surface area contributed by atoms with Gasteiger partial charge in [0.25, 0.3) is 5.91 Å². The Kier molecular flexibility index (Phi) is 4.24. The van der Waals surface area contributed by atoms with Gasteiger partial charge < -0.3 is 4.90 Å². The van der Waals surface area contributed by atoms with Crippen molar-refractivity contribution >= 4 is 5.91 Å². The second-order valence-electron chi connectivity index (χ2n) is 6.34. The molecule has 0 atom stereocenters. The molecule has 2 aromatic carbocycles. The second-order valence-corrected chi connectivity index (χ2v) is 6.34. The number of rotatable bonds is 2. The summed E-state index contributed by atoms with van der Waals surface area (Å²) in [5, 5.41) is 7.38. The maximum atomic E-state index is 13.5. The van der Waals surface area contributed by atoms with Gasteiger partial charge in [-0.1, -0.05) is 12.1 Å². The molecule has 0 saturated heterocycles. The molecule has 4 nitrogen and oxygen atoms in total. The molecule has 0 unspecified atom stereocenters. The summed E-state index contributed by atoms with van der Waals surface area (Å²) in [5.74, 6) is -0.783. The van der Waals surface area contributed by atoms with E-state index in [2.05, 4.69) is 10.2 Å². The van der Waals surface area contributed by atoms with Crippen molar-refractivity contribution in [1.29, 1.82) is 0 Å². The summed E-state index contributed by atoms with van der Waals surface area (Å²) >= 11 is 0. The van der Waals surface area contributed by atoms with Gasteiger partial charge in [-0.2, -0.15) is 5.10 Å². The maximum absolute atomic E-state index is 13.5. The molecule has 6 heteroatoms. The minimum absolute atomic E-state index is 0.115. The zero-order valence-corrected chi connectivity index (χ0v) is 14.0. The topological polar surface area (TPSA) is 49.0 Å². The number of benzene rings is 2. The number of carbonyl (C=O) groups is 1. The Labute approximate surface area is 149 Å². The fraction of sp³-hybridized carbons (Fsp3) is 0.200. The van der Waals surface area contributed by atoms with Crippen LogP contribution in [0.3, 0.4) is 0 Å². The van der Waals surface area contributed by atoms with Crippen LogP contribution >= 0.6 is 0 Å². The highest BCUT2D eigenvalue weighted by atomic mass is 19.1. The summed E-state index contributed by atoms with van der Waals surface area (Å²) in [5.41, 5.74) is 3.92. The smallest absolute Gasteiger partial charge is 0.253 e. The van der Waals surface area contributed by atoms with Gasteiger partial charge in [0.05, 0.1) is 5.69 Å². The number of aromatic amines is 1. The summed E-state index contributed by atoms with van der Waals surface area (Å²) in [6, 6.07) is 11.9. The van der Waals surface area contributed by atoms with E-state index in [0.717, 1.165) is 22.5 Å². The van der Waals surface area contributed by atoms with Gasteiger partial charge in [0.2, 0.25) is 0 Å². The van der Waals surface area contributed by atoms with Gasteiger partial charge in [-0.25, -0.2) is 8.78 Å². The molecule has 1 aromatic heterocycles. The van der Waals surface area contributed by atoms with Crippen molar-refractivity contribution in [2.75, 3.05) is 13.1 Å². The Morgan fingerprint density at radius 3 is 2.54 bits per heavy atom. The Bertz CT molecular complexity index is 950. The zero-order chi connectivity index (χ0) is 18.1. The third-order valence-electron chi connectivity index (χ3n) is 4.69. The normalized spacial score (nSPS) is 14.0. The lowest BCUT2D eigenvalue weighted by molar-refractivity contribution is 0.0762.